The first-order chi connectivity index (χ1) is 12.1. The zero-order chi connectivity index (χ0) is 18.0. The molecule has 0 saturated carbocycles. The molecule has 0 aliphatic carbocycles. The minimum atomic E-state index is -0.390. The van der Waals surface area contributed by atoms with E-state index in [0.29, 0.717) is 23.7 Å². The Hall–Kier alpha value is -2.51. The van der Waals surface area contributed by atoms with Gasteiger partial charge in [-0.25, -0.2) is 14.5 Å². The van der Waals surface area contributed by atoms with Crippen LogP contribution in [0.2, 0.25) is 0 Å². The van der Waals surface area contributed by atoms with E-state index in [-0.39, 0.29) is 12.6 Å². The second kappa shape index (κ2) is 7.16. The summed E-state index contributed by atoms with van der Waals surface area (Å²) in [6, 6.07) is 5.62. The molecule has 0 amide bonds. The quantitative estimate of drug-likeness (QED) is 0.709. The number of thiophene rings is 1. The molecule has 0 spiro atoms. The zero-order valence-electron chi connectivity index (χ0n) is 14.3. The standard InChI is InChI=1S/C18H19N3O3S/c1-4-24-18(23)13-8-19-21(12(13)3)16-7-5-6-15(20-16)17-14(9-22)11(2)10-25-17/h5-8,10,22H,4,9H2,1-3H3. The first-order valence-corrected chi connectivity index (χ1v) is 8.82. The molecule has 0 radical (unpaired) electrons. The zero-order valence-corrected chi connectivity index (χ0v) is 15.1. The first kappa shape index (κ1) is 17.3. The van der Waals surface area contributed by atoms with E-state index >= 15 is 0 Å². The smallest absolute Gasteiger partial charge is 0.341 e. The van der Waals surface area contributed by atoms with Crippen molar-refractivity contribution >= 4 is 17.3 Å². The topological polar surface area (TPSA) is 77.2 Å². The van der Waals surface area contributed by atoms with Gasteiger partial charge in [0.15, 0.2) is 5.82 Å². The summed E-state index contributed by atoms with van der Waals surface area (Å²) in [5.41, 5.74) is 3.81. The maximum absolute atomic E-state index is 12.0. The molecule has 0 aromatic carbocycles. The molecule has 130 valence electrons. The van der Waals surface area contributed by atoms with E-state index in [9.17, 15) is 9.90 Å². The van der Waals surface area contributed by atoms with Crippen molar-refractivity contribution in [1.82, 2.24) is 14.8 Å². The Balaban J connectivity index is 2.01. The summed E-state index contributed by atoms with van der Waals surface area (Å²) in [5.74, 6) is 0.222. The lowest BCUT2D eigenvalue weighted by Crippen LogP contribution is -2.07. The van der Waals surface area contributed by atoms with Crippen LogP contribution in [-0.4, -0.2) is 32.4 Å². The Kier molecular flexibility index (Phi) is 4.96. The van der Waals surface area contributed by atoms with E-state index in [1.54, 1.807) is 22.9 Å². The van der Waals surface area contributed by atoms with Gasteiger partial charge in [-0.2, -0.15) is 5.10 Å². The van der Waals surface area contributed by atoms with Crippen LogP contribution < -0.4 is 0 Å². The van der Waals surface area contributed by atoms with Crippen molar-refractivity contribution in [3.8, 4) is 16.4 Å². The lowest BCUT2D eigenvalue weighted by Gasteiger charge is -2.07. The average molecular weight is 357 g/mol. The average Bonchev–Trinajstić information content (AvgIpc) is 3.17. The number of hydrogen-bond donors (Lipinski definition) is 1. The first-order valence-electron chi connectivity index (χ1n) is 7.94. The summed E-state index contributed by atoms with van der Waals surface area (Å²) in [5, 5.41) is 15.9. The number of ether oxygens (including phenoxy) is 1. The molecule has 3 aromatic heterocycles. The molecule has 3 heterocycles. The van der Waals surface area contributed by atoms with Crippen LogP contribution in [0.5, 0.6) is 0 Å². The van der Waals surface area contributed by atoms with Crippen LogP contribution in [-0.2, 0) is 11.3 Å². The van der Waals surface area contributed by atoms with Crippen LogP contribution in [0.1, 0.15) is 34.1 Å². The monoisotopic (exact) mass is 357 g/mol. The van der Waals surface area contributed by atoms with Gasteiger partial charge in [0, 0.05) is 5.56 Å². The van der Waals surface area contributed by atoms with Crippen molar-refractivity contribution in [2.75, 3.05) is 6.61 Å². The highest BCUT2D eigenvalue weighted by Gasteiger charge is 2.17. The van der Waals surface area contributed by atoms with Crippen molar-refractivity contribution in [3.05, 3.63) is 52.2 Å². The third kappa shape index (κ3) is 3.20. The second-order valence-electron chi connectivity index (χ2n) is 5.54. The van der Waals surface area contributed by atoms with Crippen LogP contribution in [0.25, 0.3) is 16.4 Å². The Morgan fingerprint density at radius 1 is 1.36 bits per heavy atom. The highest BCUT2D eigenvalue weighted by atomic mass is 32.1. The number of aliphatic hydroxyl groups excluding tert-OH is 1. The normalized spacial score (nSPS) is 10.9. The number of aromatic nitrogens is 3. The van der Waals surface area contributed by atoms with Crippen LogP contribution in [0, 0.1) is 13.8 Å². The molecule has 6 nitrogen and oxygen atoms in total. The van der Waals surface area contributed by atoms with Gasteiger partial charge >= 0.3 is 5.97 Å². The van der Waals surface area contributed by atoms with E-state index in [0.717, 1.165) is 21.7 Å². The Morgan fingerprint density at radius 3 is 2.88 bits per heavy atom. The molecule has 0 aliphatic rings. The minimum Gasteiger partial charge on any atom is -0.462 e. The molecule has 1 N–H and O–H groups in total. The molecule has 0 bridgehead atoms. The molecule has 0 aliphatic heterocycles. The van der Waals surface area contributed by atoms with E-state index in [4.69, 9.17) is 4.74 Å². The predicted molar refractivity (Wildman–Crippen MR) is 96.0 cm³/mol. The van der Waals surface area contributed by atoms with Gasteiger partial charge in [-0.3, -0.25) is 0 Å². The molecule has 0 fully saturated rings. The SMILES string of the molecule is CCOC(=O)c1cnn(-c2cccc(-c3scc(C)c3CO)n2)c1C. The summed E-state index contributed by atoms with van der Waals surface area (Å²) < 4.78 is 6.67. The van der Waals surface area contributed by atoms with E-state index < -0.39 is 0 Å². The Labute approximate surface area is 149 Å². The predicted octanol–water partition coefficient (Wildman–Crippen LogP) is 3.28. The van der Waals surface area contributed by atoms with Crippen molar-refractivity contribution < 1.29 is 14.6 Å². The largest absolute Gasteiger partial charge is 0.462 e. The maximum Gasteiger partial charge on any atom is 0.341 e. The molecule has 0 saturated heterocycles. The Bertz CT molecular complexity index is 914. The molecule has 25 heavy (non-hydrogen) atoms. The number of hydrogen-bond acceptors (Lipinski definition) is 6. The highest BCUT2D eigenvalue weighted by Crippen LogP contribution is 2.32. The van der Waals surface area contributed by atoms with Gasteiger partial charge in [-0.05, 0) is 43.8 Å². The molecule has 3 aromatic rings. The van der Waals surface area contributed by atoms with Gasteiger partial charge in [0.2, 0.25) is 0 Å². The Morgan fingerprint density at radius 2 is 2.16 bits per heavy atom. The molecule has 0 unspecified atom stereocenters. The van der Waals surface area contributed by atoms with Crippen molar-refractivity contribution in [2.24, 2.45) is 0 Å². The van der Waals surface area contributed by atoms with Gasteiger partial charge in [0.25, 0.3) is 0 Å². The number of nitrogens with zero attached hydrogens (tertiary/aromatic N) is 3. The number of rotatable bonds is 5. The summed E-state index contributed by atoms with van der Waals surface area (Å²) in [6.07, 6.45) is 1.50. The number of aryl methyl sites for hydroxylation is 1. The fraction of sp³-hybridized carbons (Fsp3) is 0.278. The highest BCUT2D eigenvalue weighted by molar-refractivity contribution is 7.13. The number of carbonyl (C=O) groups is 1. The van der Waals surface area contributed by atoms with Crippen molar-refractivity contribution in [2.45, 2.75) is 27.4 Å². The van der Waals surface area contributed by atoms with E-state index in [1.807, 2.05) is 37.4 Å². The fourth-order valence-electron chi connectivity index (χ4n) is 2.60. The van der Waals surface area contributed by atoms with Gasteiger partial charge < -0.3 is 9.84 Å². The number of carbonyl (C=O) groups excluding carboxylic acids is 1. The van der Waals surface area contributed by atoms with E-state index in [2.05, 4.69) is 10.1 Å². The van der Waals surface area contributed by atoms with Gasteiger partial charge in [-0.1, -0.05) is 6.07 Å². The van der Waals surface area contributed by atoms with Gasteiger partial charge in [0.05, 0.1) is 35.7 Å². The van der Waals surface area contributed by atoms with Gasteiger partial charge in [-0.15, -0.1) is 11.3 Å². The molecule has 0 atom stereocenters. The van der Waals surface area contributed by atoms with Crippen LogP contribution in [0.4, 0.5) is 0 Å². The van der Waals surface area contributed by atoms with E-state index in [1.165, 1.54) is 6.20 Å². The molecular formula is C18H19N3O3S. The van der Waals surface area contributed by atoms with Crippen LogP contribution >= 0.6 is 11.3 Å². The second-order valence-corrected chi connectivity index (χ2v) is 6.42. The number of esters is 1. The fourth-order valence-corrected chi connectivity index (χ4v) is 3.64. The van der Waals surface area contributed by atoms with Crippen molar-refractivity contribution in [1.29, 1.82) is 0 Å². The summed E-state index contributed by atoms with van der Waals surface area (Å²) in [4.78, 5) is 17.6. The lowest BCUT2D eigenvalue weighted by atomic mass is 10.1. The molecular weight excluding hydrogens is 338 g/mol. The molecule has 3 rings (SSSR count). The van der Waals surface area contributed by atoms with Crippen LogP contribution in [0.3, 0.4) is 0 Å². The third-order valence-electron chi connectivity index (χ3n) is 3.95. The lowest BCUT2D eigenvalue weighted by molar-refractivity contribution is 0.0525. The minimum absolute atomic E-state index is 0.0234. The third-order valence-corrected chi connectivity index (χ3v) is 5.11. The summed E-state index contributed by atoms with van der Waals surface area (Å²) in [7, 11) is 0. The van der Waals surface area contributed by atoms with Crippen molar-refractivity contribution in [3.63, 3.8) is 0 Å². The van der Waals surface area contributed by atoms with Gasteiger partial charge in [0.1, 0.15) is 5.56 Å². The number of aliphatic hydroxyl groups is 1. The molecule has 7 heteroatoms. The number of pyridine rings is 1. The summed E-state index contributed by atoms with van der Waals surface area (Å²) in [6.45, 7) is 5.84. The maximum atomic E-state index is 12.0. The summed E-state index contributed by atoms with van der Waals surface area (Å²) >= 11 is 1.55. The van der Waals surface area contributed by atoms with Crippen LogP contribution in [0.15, 0.2) is 29.8 Å².